The zero-order valence-electron chi connectivity index (χ0n) is 18.1. The third kappa shape index (κ3) is 8.64. The van der Waals surface area contributed by atoms with Gasteiger partial charge in [-0.05, 0) is 49.8 Å². The van der Waals surface area contributed by atoms with Crippen molar-refractivity contribution in [3.8, 4) is 5.75 Å². The summed E-state index contributed by atoms with van der Waals surface area (Å²) < 4.78 is 5.03. The first-order valence-electron chi connectivity index (χ1n) is 11.0. The van der Waals surface area contributed by atoms with Crippen molar-refractivity contribution in [1.29, 1.82) is 0 Å². The smallest absolute Gasteiger partial charge is 0.313 e. The number of benzene rings is 1. The number of carbonyl (C=O) groups is 1. The lowest BCUT2D eigenvalue weighted by atomic mass is 9.73. The number of phenolic OH excluding ortho intramolecular Hbond substituents is 1. The van der Waals surface area contributed by atoms with Gasteiger partial charge in [-0.2, -0.15) is 0 Å². The van der Waals surface area contributed by atoms with Gasteiger partial charge < -0.3 is 14.9 Å². The summed E-state index contributed by atoms with van der Waals surface area (Å²) in [5.41, 5.74) is 0.552. The van der Waals surface area contributed by atoms with Crippen molar-refractivity contribution >= 4 is 5.97 Å². The minimum Gasteiger partial charge on any atom is -0.508 e. The molecule has 0 heterocycles. The SMILES string of the molecule is CCCCCCCC(CC(C)(CCCCC)C(=O)OCO)c1ccc(O)cc1. The van der Waals surface area contributed by atoms with Gasteiger partial charge in [-0.15, -0.1) is 0 Å². The quantitative estimate of drug-likeness (QED) is 0.209. The molecule has 0 spiro atoms. The first kappa shape index (κ1) is 24.5. The molecule has 1 aromatic rings. The molecule has 160 valence electrons. The molecule has 0 radical (unpaired) electrons. The number of aliphatic hydroxyl groups is 1. The Hall–Kier alpha value is -1.55. The fourth-order valence-electron chi connectivity index (χ4n) is 3.96. The molecule has 0 bridgehead atoms. The molecule has 2 unspecified atom stereocenters. The Morgan fingerprint density at radius 2 is 1.61 bits per heavy atom. The molecule has 28 heavy (non-hydrogen) atoms. The number of aliphatic hydroxyl groups excluding tert-OH is 1. The molecule has 0 aliphatic heterocycles. The monoisotopic (exact) mass is 392 g/mol. The Kier molecular flexibility index (Phi) is 11.9. The molecule has 2 atom stereocenters. The van der Waals surface area contributed by atoms with Crippen LogP contribution in [0.5, 0.6) is 5.75 Å². The lowest BCUT2D eigenvalue weighted by Gasteiger charge is -2.32. The molecule has 0 aliphatic carbocycles. The Labute approximate surface area is 171 Å². The van der Waals surface area contributed by atoms with E-state index in [1.165, 1.54) is 25.7 Å². The number of phenols is 1. The van der Waals surface area contributed by atoms with E-state index in [1.807, 2.05) is 19.1 Å². The molecule has 0 aromatic heterocycles. The Morgan fingerprint density at radius 1 is 1.00 bits per heavy atom. The number of hydrogen-bond donors (Lipinski definition) is 2. The summed E-state index contributed by atoms with van der Waals surface area (Å²) in [5.74, 6) is 0.191. The Balaban J connectivity index is 2.93. The van der Waals surface area contributed by atoms with Gasteiger partial charge in [0.25, 0.3) is 0 Å². The van der Waals surface area contributed by atoms with Crippen molar-refractivity contribution < 1.29 is 19.7 Å². The maximum absolute atomic E-state index is 12.7. The predicted octanol–water partition coefficient (Wildman–Crippen LogP) is 6.31. The Bertz CT molecular complexity index is 540. The molecule has 0 saturated carbocycles. The minimum atomic E-state index is -0.607. The van der Waals surface area contributed by atoms with E-state index in [0.29, 0.717) is 6.42 Å². The van der Waals surface area contributed by atoms with Crippen LogP contribution >= 0.6 is 0 Å². The number of esters is 1. The van der Waals surface area contributed by atoms with Crippen LogP contribution in [0.4, 0.5) is 0 Å². The molecule has 2 N–H and O–H groups in total. The molecule has 0 saturated heterocycles. The minimum absolute atomic E-state index is 0.236. The second kappa shape index (κ2) is 13.6. The largest absolute Gasteiger partial charge is 0.508 e. The van der Waals surface area contributed by atoms with E-state index in [4.69, 9.17) is 9.84 Å². The van der Waals surface area contributed by atoms with Gasteiger partial charge in [0.1, 0.15) is 5.75 Å². The van der Waals surface area contributed by atoms with Crippen molar-refractivity contribution in [2.75, 3.05) is 6.79 Å². The van der Waals surface area contributed by atoms with E-state index >= 15 is 0 Å². The van der Waals surface area contributed by atoms with Crippen LogP contribution in [-0.4, -0.2) is 23.0 Å². The lowest BCUT2D eigenvalue weighted by molar-refractivity contribution is -0.164. The van der Waals surface area contributed by atoms with Crippen LogP contribution in [-0.2, 0) is 9.53 Å². The van der Waals surface area contributed by atoms with E-state index in [9.17, 15) is 9.90 Å². The van der Waals surface area contributed by atoms with Gasteiger partial charge in [-0.25, -0.2) is 0 Å². The van der Waals surface area contributed by atoms with E-state index in [2.05, 4.69) is 13.8 Å². The van der Waals surface area contributed by atoms with Crippen molar-refractivity contribution in [3.05, 3.63) is 29.8 Å². The zero-order valence-corrected chi connectivity index (χ0v) is 18.1. The van der Waals surface area contributed by atoms with Gasteiger partial charge in [0.15, 0.2) is 6.79 Å². The van der Waals surface area contributed by atoms with Crippen molar-refractivity contribution in [2.45, 2.75) is 97.3 Å². The van der Waals surface area contributed by atoms with Crippen LogP contribution in [0, 0.1) is 5.41 Å². The summed E-state index contributed by atoms with van der Waals surface area (Å²) in [6, 6.07) is 7.38. The molecular formula is C24H40O4. The number of carbonyl (C=O) groups excluding carboxylic acids is 1. The molecule has 0 fully saturated rings. The van der Waals surface area contributed by atoms with Gasteiger partial charge >= 0.3 is 5.97 Å². The van der Waals surface area contributed by atoms with Crippen molar-refractivity contribution in [2.24, 2.45) is 5.41 Å². The topological polar surface area (TPSA) is 66.8 Å². The van der Waals surface area contributed by atoms with Gasteiger partial charge in [-0.1, -0.05) is 77.3 Å². The second-order valence-corrected chi connectivity index (χ2v) is 8.27. The molecule has 0 aliphatic rings. The number of rotatable bonds is 15. The molecular weight excluding hydrogens is 352 g/mol. The summed E-state index contributed by atoms with van der Waals surface area (Å²) in [4.78, 5) is 12.7. The number of unbranched alkanes of at least 4 members (excludes halogenated alkanes) is 6. The summed E-state index contributed by atoms with van der Waals surface area (Å²) in [6.07, 6.45) is 11.7. The average molecular weight is 393 g/mol. The lowest BCUT2D eigenvalue weighted by Crippen LogP contribution is -2.32. The third-order valence-corrected chi connectivity index (χ3v) is 5.74. The van der Waals surface area contributed by atoms with Crippen LogP contribution in [0.1, 0.15) is 103 Å². The van der Waals surface area contributed by atoms with Crippen LogP contribution < -0.4 is 0 Å². The highest BCUT2D eigenvalue weighted by molar-refractivity contribution is 5.76. The first-order valence-corrected chi connectivity index (χ1v) is 11.0. The molecule has 0 amide bonds. The molecule has 4 nitrogen and oxygen atoms in total. The predicted molar refractivity (Wildman–Crippen MR) is 114 cm³/mol. The fourth-order valence-corrected chi connectivity index (χ4v) is 3.96. The van der Waals surface area contributed by atoms with Gasteiger partial charge in [0, 0.05) is 0 Å². The van der Waals surface area contributed by atoms with Crippen LogP contribution in [0.25, 0.3) is 0 Å². The standard InChI is InChI=1S/C24H40O4/c1-4-6-8-9-10-12-21(20-13-15-22(26)16-14-20)18-24(3,17-11-7-5-2)23(27)28-19-25/h13-16,21,25-26H,4-12,17-19H2,1-3H3. The van der Waals surface area contributed by atoms with E-state index in [-0.39, 0.29) is 17.6 Å². The molecule has 1 rings (SSSR count). The maximum Gasteiger partial charge on any atom is 0.313 e. The maximum atomic E-state index is 12.7. The summed E-state index contributed by atoms with van der Waals surface area (Å²) >= 11 is 0. The van der Waals surface area contributed by atoms with Gasteiger partial charge in [0.05, 0.1) is 5.41 Å². The Morgan fingerprint density at radius 3 is 2.21 bits per heavy atom. The van der Waals surface area contributed by atoms with Gasteiger partial charge in [0.2, 0.25) is 0 Å². The molecule has 4 heteroatoms. The van der Waals surface area contributed by atoms with E-state index in [0.717, 1.165) is 44.1 Å². The van der Waals surface area contributed by atoms with Crippen molar-refractivity contribution in [1.82, 2.24) is 0 Å². The second-order valence-electron chi connectivity index (χ2n) is 8.27. The highest BCUT2D eigenvalue weighted by Gasteiger charge is 2.37. The normalized spacial score (nSPS) is 14.4. The van der Waals surface area contributed by atoms with Crippen LogP contribution in [0.3, 0.4) is 0 Å². The number of ether oxygens (including phenoxy) is 1. The summed E-state index contributed by atoms with van der Waals surface area (Å²) in [7, 11) is 0. The highest BCUT2D eigenvalue weighted by atomic mass is 16.6. The average Bonchev–Trinajstić information content (AvgIpc) is 2.68. The zero-order chi connectivity index (χ0) is 20.8. The van der Waals surface area contributed by atoms with E-state index in [1.54, 1.807) is 12.1 Å². The van der Waals surface area contributed by atoms with Crippen LogP contribution in [0.15, 0.2) is 24.3 Å². The van der Waals surface area contributed by atoms with Crippen LogP contribution in [0.2, 0.25) is 0 Å². The fraction of sp³-hybridized carbons (Fsp3) is 0.708. The third-order valence-electron chi connectivity index (χ3n) is 5.74. The summed E-state index contributed by atoms with van der Waals surface area (Å²) in [6.45, 7) is 5.78. The van der Waals surface area contributed by atoms with E-state index < -0.39 is 12.2 Å². The summed E-state index contributed by atoms with van der Waals surface area (Å²) in [5, 5.41) is 18.8. The van der Waals surface area contributed by atoms with Crippen molar-refractivity contribution in [3.63, 3.8) is 0 Å². The number of hydrogen-bond acceptors (Lipinski definition) is 4. The highest BCUT2D eigenvalue weighted by Crippen LogP contribution is 2.40. The first-order chi connectivity index (χ1) is 13.5. The number of aromatic hydroxyl groups is 1. The van der Waals surface area contributed by atoms with Gasteiger partial charge in [-0.3, -0.25) is 4.79 Å². The molecule has 1 aromatic carbocycles.